The zero-order valence-electron chi connectivity index (χ0n) is 11.2. The predicted molar refractivity (Wildman–Crippen MR) is 76.8 cm³/mol. The minimum atomic E-state index is -3.54. The van der Waals surface area contributed by atoms with E-state index in [9.17, 15) is 8.42 Å². The monoisotopic (exact) mass is 302 g/mol. The smallest absolute Gasteiger partial charge is 0.242 e. The van der Waals surface area contributed by atoms with Crippen molar-refractivity contribution in [2.24, 2.45) is 0 Å². The van der Waals surface area contributed by atoms with Crippen molar-refractivity contribution in [3.05, 3.63) is 28.8 Å². The van der Waals surface area contributed by atoms with Crippen LogP contribution < -0.4 is 10.0 Å². The Hall–Kier alpha value is -0.620. The molecule has 0 heterocycles. The fraction of sp³-hybridized carbons (Fsp3) is 0.538. The lowest BCUT2D eigenvalue weighted by Crippen LogP contribution is -2.34. The third-order valence-corrected chi connectivity index (χ3v) is 5.36. The standard InChI is InChI=1S/C13H19ClN2O2S/c1-3-15-9-10-4-5-11(14)12(8-10)19(17,18)16-13(2)6-7-13/h4-5,8,15-16H,3,6-7,9H2,1-2H3. The molecule has 0 unspecified atom stereocenters. The van der Waals surface area contributed by atoms with Gasteiger partial charge in [0.1, 0.15) is 4.90 Å². The minimum absolute atomic E-state index is 0.165. The fourth-order valence-electron chi connectivity index (χ4n) is 1.80. The predicted octanol–water partition coefficient (Wildman–Crippen LogP) is 2.28. The van der Waals surface area contributed by atoms with E-state index in [1.54, 1.807) is 12.1 Å². The highest BCUT2D eigenvalue weighted by Gasteiger charge is 2.41. The van der Waals surface area contributed by atoms with Crippen LogP contribution >= 0.6 is 11.6 Å². The molecule has 1 aliphatic rings. The summed E-state index contributed by atoms with van der Waals surface area (Å²) in [4.78, 5) is 0.165. The summed E-state index contributed by atoms with van der Waals surface area (Å²) in [7, 11) is -3.54. The first-order valence-corrected chi connectivity index (χ1v) is 8.25. The van der Waals surface area contributed by atoms with E-state index < -0.39 is 10.0 Å². The van der Waals surface area contributed by atoms with Gasteiger partial charge in [0.25, 0.3) is 0 Å². The first-order valence-electron chi connectivity index (χ1n) is 6.39. The molecule has 0 aliphatic heterocycles. The van der Waals surface area contributed by atoms with Crippen LogP contribution in [0.4, 0.5) is 0 Å². The second-order valence-electron chi connectivity index (χ2n) is 5.21. The maximum absolute atomic E-state index is 12.3. The summed E-state index contributed by atoms with van der Waals surface area (Å²) in [6, 6.07) is 5.11. The van der Waals surface area contributed by atoms with Crippen LogP contribution in [0.5, 0.6) is 0 Å². The van der Waals surface area contributed by atoms with E-state index in [-0.39, 0.29) is 15.5 Å². The molecule has 6 heteroatoms. The van der Waals surface area contributed by atoms with Crippen LogP contribution in [0.15, 0.2) is 23.1 Å². The lowest BCUT2D eigenvalue weighted by Gasteiger charge is -2.14. The first kappa shape index (κ1) is 14.8. The summed E-state index contributed by atoms with van der Waals surface area (Å²) in [6.07, 6.45) is 1.75. The summed E-state index contributed by atoms with van der Waals surface area (Å²) >= 11 is 6.02. The molecular formula is C13H19ClN2O2S. The minimum Gasteiger partial charge on any atom is -0.313 e. The van der Waals surface area contributed by atoms with Crippen LogP contribution in [0, 0.1) is 0 Å². The van der Waals surface area contributed by atoms with Gasteiger partial charge in [0, 0.05) is 12.1 Å². The highest BCUT2D eigenvalue weighted by atomic mass is 35.5. The zero-order chi connectivity index (χ0) is 14.1. The van der Waals surface area contributed by atoms with Crippen LogP contribution in [0.1, 0.15) is 32.3 Å². The van der Waals surface area contributed by atoms with Crippen molar-refractivity contribution in [1.29, 1.82) is 0 Å². The number of benzene rings is 1. The van der Waals surface area contributed by atoms with Gasteiger partial charge in [-0.05, 0) is 44.0 Å². The Bertz CT molecular complexity index is 568. The van der Waals surface area contributed by atoms with Gasteiger partial charge in [-0.2, -0.15) is 0 Å². The molecule has 0 bridgehead atoms. The molecule has 106 valence electrons. The molecule has 1 aromatic rings. The highest BCUT2D eigenvalue weighted by molar-refractivity contribution is 7.89. The zero-order valence-corrected chi connectivity index (χ0v) is 12.7. The number of sulfonamides is 1. The Balaban J connectivity index is 2.26. The Labute approximate surface area is 119 Å². The molecule has 4 nitrogen and oxygen atoms in total. The molecular weight excluding hydrogens is 284 g/mol. The lowest BCUT2D eigenvalue weighted by atomic mass is 10.2. The van der Waals surface area contributed by atoms with Gasteiger partial charge in [-0.3, -0.25) is 0 Å². The quantitative estimate of drug-likeness (QED) is 0.847. The molecule has 1 aliphatic carbocycles. The Morgan fingerprint density at radius 3 is 2.63 bits per heavy atom. The van der Waals surface area contributed by atoms with Gasteiger partial charge in [0.2, 0.25) is 10.0 Å². The second kappa shape index (κ2) is 5.40. The third-order valence-electron chi connectivity index (χ3n) is 3.25. The van der Waals surface area contributed by atoms with Crippen molar-refractivity contribution < 1.29 is 8.42 Å². The fourth-order valence-corrected chi connectivity index (χ4v) is 3.82. The highest BCUT2D eigenvalue weighted by Crippen LogP contribution is 2.36. The summed E-state index contributed by atoms with van der Waals surface area (Å²) in [6.45, 7) is 5.37. The summed E-state index contributed by atoms with van der Waals surface area (Å²) < 4.78 is 27.4. The molecule has 1 fully saturated rings. The summed E-state index contributed by atoms with van der Waals surface area (Å²) in [5, 5.41) is 3.43. The molecule has 0 aromatic heterocycles. The van der Waals surface area contributed by atoms with E-state index >= 15 is 0 Å². The Morgan fingerprint density at radius 2 is 2.05 bits per heavy atom. The van der Waals surface area contributed by atoms with Crippen LogP contribution in [-0.2, 0) is 16.6 Å². The summed E-state index contributed by atoms with van der Waals surface area (Å²) in [5.41, 5.74) is 0.618. The molecule has 2 rings (SSSR count). The van der Waals surface area contributed by atoms with Crippen molar-refractivity contribution in [3.8, 4) is 0 Å². The second-order valence-corrected chi connectivity index (χ2v) is 7.27. The van der Waals surface area contributed by atoms with Crippen LogP contribution in [0.3, 0.4) is 0 Å². The molecule has 0 atom stereocenters. The van der Waals surface area contributed by atoms with Crippen LogP contribution in [0.2, 0.25) is 5.02 Å². The van der Waals surface area contributed by atoms with Gasteiger partial charge in [0.05, 0.1) is 5.02 Å². The van der Waals surface area contributed by atoms with E-state index in [0.29, 0.717) is 6.54 Å². The van der Waals surface area contributed by atoms with Gasteiger partial charge < -0.3 is 5.32 Å². The van der Waals surface area contributed by atoms with E-state index in [2.05, 4.69) is 10.0 Å². The molecule has 0 saturated heterocycles. The van der Waals surface area contributed by atoms with E-state index in [0.717, 1.165) is 24.9 Å². The number of nitrogens with one attached hydrogen (secondary N) is 2. The largest absolute Gasteiger partial charge is 0.313 e. The molecule has 0 radical (unpaired) electrons. The number of rotatable bonds is 6. The molecule has 1 aromatic carbocycles. The van der Waals surface area contributed by atoms with Gasteiger partial charge in [-0.15, -0.1) is 0 Å². The number of halogens is 1. The number of hydrogen-bond donors (Lipinski definition) is 2. The third kappa shape index (κ3) is 3.69. The normalized spacial score (nSPS) is 17.4. The van der Waals surface area contributed by atoms with Gasteiger partial charge in [-0.25, -0.2) is 13.1 Å². The lowest BCUT2D eigenvalue weighted by molar-refractivity contribution is 0.558. The van der Waals surface area contributed by atoms with Crippen molar-refractivity contribution in [2.75, 3.05) is 6.54 Å². The summed E-state index contributed by atoms with van der Waals surface area (Å²) in [5.74, 6) is 0. The van der Waals surface area contributed by atoms with E-state index in [1.165, 1.54) is 0 Å². The van der Waals surface area contributed by atoms with Gasteiger partial charge in [0.15, 0.2) is 0 Å². The molecule has 1 saturated carbocycles. The van der Waals surface area contributed by atoms with E-state index in [4.69, 9.17) is 11.6 Å². The Kier molecular flexibility index (Phi) is 4.20. The SMILES string of the molecule is CCNCc1ccc(Cl)c(S(=O)(=O)NC2(C)CC2)c1. The Morgan fingerprint density at radius 1 is 1.37 bits per heavy atom. The maximum atomic E-state index is 12.3. The molecule has 19 heavy (non-hydrogen) atoms. The molecule has 2 N–H and O–H groups in total. The van der Waals surface area contributed by atoms with Crippen LogP contribution in [0.25, 0.3) is 0 Å². The first-order chi connectivity index (χ1) is 8.86. The topological polar surface area (TPSA) is 58.2 Å². The van der Waals surface area contributed by atoms with Crippen molar-refractivity contribution >= 4 is 21.6 Å². The van der Waals surface area contributed by atoms with Crippen molar-refractivity contribution in [1.82, 2.24) is 10.0 Å². The van der Waals surface area contributed by atoms with Crippen molar-refractivity contribution in [3.63, 3.8) is 0 Å². The molecule has 0 amide bonds. The maximum Gasteiger partial charge on any atom is 0.242 e. The van der Waals surface area contributed by atoms with Gasteiger partial charge >= 0.3 is 0 Å². The van der Waals surface area contributed by atoms with Crippen LogP contribution in [-0.4, -0.2) is 20.5 Å². The number of hydrogen-bond acceptors (Lipinski definition) is 3. The van der Waals surface area contributed by atoms with E-state index in [1.807, 2.05) is 19.9 Å². The van der Waals surface area contributed by atoms with Crippen molar-refractivity contribution in [2.45, 2.75) is 43.7 Å². The van der Waals surface area contributed by atoms with Gasteiger partial charge in [-0.1, -0.05) is 24.6 Å². The molecule has 0 spiro atoms. The average molecular weight is 303 g/mol. The average Bonchev–Trinajstić information content (AvgIpc) is 3.04.